The van der Waals surface area contributed by atoms with Gasteiger partial charge in [0.15, 0.2) is 17.5 Å². The summed E-state index contributed by atoms with van der Waals surface area (Å²) in [6.45, 7) is 1.48. The molecule has 0 aliphatic carbocycles. The number of benzene rings is 1. The lowest BCUT2D eigenvalue weighted by atomic mass is 10.1. The molecule has 0 aliphatic heterocycles. The predicted molar refractivity (Wildman–Crippen MR) is 124 cm³/mol. The van der Waals surface area contributed by atoms with Crippen LogP contribution in [0.2, 0.25) is 0 Å². The highest BCUT2D eigenvalue weighted by Gasteiger charge is 2.17. The second kappa shape index (κ2) is 12.0. The summed E-state index contributed by atoms with van der Waals surface area (Å²) in [6, 6.07) is 10.3. The highest BCUT2D eigenvalue weighted by Crippen LogP contribution is 2.31. The Morgan fingerprint density at radius 1 is 1.15 bits per heavy atom. The van der Waals surface area contributed by atoms with Gasteiger partial charge in [-0.15, -0.1) is 35.3 Å². The number of nitrogens with zero attached hydrogens (tertiary/aromatic N) is 2. The molecule has 27 heavy (non-hydrogen) atoms. The van der Waals surface area contributed by atoms with E-state index < -0.39 is 0 Å². The molecular weight excluding hydrogens is 475 g/mol. The van der Waals surface area contributed by atoms with Crippen LogP contribution in [0.15, 0.2) is 40.7 Å². The molecule has 6 nitrogen and oxygen atoms in total. The number of rotatable bonds is 8. The maximum atomic E-state index is 5.43. The van der Waals surface area contributed by atoms with Crippen LogP contribution in [0.5, 0.6) is 11.5 Å². The molecule has 0 spiro atoms. The Balaban J connectivity index is 0.00000364. The largest absolute Gasteiger partial charge is 0.493 e. The van der Waals surface area contributed by atoms with E-state index in [1.807, 2.05) is 12.1 Å². The first-order valence-corrected chi connectivity index (χ1v) is 9.32. The van der Waals surface area contributed by atoms with Crippen molar-refractivity contribution in [2.24, 2.45) is 4.99 Å². The van der Waals surface area contributed by atoms with Gasteiger partial charge in [0.05, 0.1) is 26.8 Å². The predicted octanol–water partition coefficient (Wildman–Crippen LogP) is 3.35. The van der Waals surface area contributed by atoms with Crippen LogP contribution >= 0.6 is 35.3 Å². The summed E-state index contributed by atoms with van der Waals surface area (Å²) < 4.78 is 10.8. The first kappa shape index (κ1) is 23.5. The maximum absolute atomic E-state index is 5.43. The van der Waals surface area contributed by atoms with Gasteiger partial charge in [0.1, 0.15) is 0 Å². The van der Waals surface area contributed by atoms with Crippen molar-refractivity contribution in [3.8, 4) is 11.5 Å². The average molecular weight is 504 g/mol. The lowest BCUT2D eigenvalue weighted by Crippen LogP contribution is -2.41. The molecule has 1 atom stereocenters. The number of thiophene rings is 1. The Bertz CT molecular complexity index is 708. The smallest absolute Gasteiger partial charge is 0.191 e. The molecule has 0 saturated carbocycles. The molecule has 150 valence electrons. The van der Waals surface area contributed by atoms with E-state index in [0.717, 1.165) is 29.6 Å². The van der Waals surface area contributed by atoms with Crippen molar-refractivity contribution < 1.29 is 9.47 Å². The molecule has 2 aromatic rings. The lowest BCUT2D eigenvalue weighted by molar-refractivity contribution is 0.295. The lowest BCUT2D eigenvalue weighted by Gasteiger charge is -2.26. The molecule has 0 bridgehead atoms. The quantitative estimate of drug-likeness (QED) is 0.328. The Morgan fingerprint density at radius 3 is 2.44 bits per heavy atom. The first-order valence-electron chi connectivity index (χ1n) is 8.44. The highest BCUT2D eigenvalue weighted by atomic mass is 127. The van der Waals surface area contributed by atoms with E-state index in [-0.39, 0.29) is 30.0 Å². The van der Waals surface area contributed by atoms with Crippen molar-refractivity contribution >= 4 is 41.3 Å². The average Bonchev–Trinajstić information content (AvgIpc) is 3.17. The minimum absolute atomic E-state index is 0. The van der Waals surface area contributed by atoms with Crippen LogP contribution in [0.25, 0.3) is 0 Å². The fraction of sp³-hybridized carbons (Fsp3) is 0.421. The summed E-state index contributed by atoms with van der Waals surface area (Å²) in [5, 5.41) is 8.83. The van der Waals surface area contributed by atoms with E-state index in [9.17, 15) is 0 Å². The van der Waals surface area contributed by atoms with Crippen molar-refractivity contribution in [3.05, 3.63) is 46.2 Å². The van der Waals surface area contributed by atoms with Crippen molar-refractivity contribution in [2.45, 2.75) is 12.6 Å². The number of guanidine groups is 1. The Labute approximate surface area is 183 Å². The van der Waals surface area contributed by atoms with Crippen LogP contribution in [0.3, 0.4) is 0 Å². The second-order valence-electron chi connectivity index (χ2n) is 5.98. The summed E-state index contributed by atoms with van der Waals surface area (Å²) >= 11 is 1.73. The molecule has 2 rings (SSSR count). The van der Waals surface area contributed by atoms with E-state index >= 15 is 0 Å². The number of hydrogen-bond acceptors (Lipinski definition) is 5. The number of likely N-dealkylation sites (N-methyl/N-ethyl adjacent to an activating group) is 1. The van der Waals surface area contributed by atoms with E-state index in [1.165, 1.54) is 4.88 Å². The van der Waals surface area contributed by atoms with E-state index in [0.29, 0.717) is 6.54 Å². The third kappa shape index (κ3) is 6.86. The highest BCUT2D eigenvalue weighted by molar-refractivity contribution is 14.0. The van der Waals surface area contributed by atoms with Gasteiger partial charge in [-0.1, -0.05) is 12.1 Å². The molecule has 0 fully saturated rings. The zero-order chi connectivity index (χ0) is 18.9. The van der Waals surface area contributed by atoms with E-state index in [2.05, 4.69) is 58.2 Å². The van der Waals surface area contributed by atoms with Crippen LogP contribution in [-0.2, 0) is 6.54 Å². The maximum Gasteiger partial charge on any atom is 0.191 e. The summed E-state index contributed by atoms with van der Waals surface area (Å²) in [6.07, 6.45) is 0. The minimum atomic E-state index is 0. The zero-order valence-corrected chi connectivity index (χ0v) is 19.6. The molecule has 0 aliphatic rings. The standard InChI is InChI=1S/C19H28N4O2S.HI/c1-20-19(21-12-15-7-6-10-26-15)22-13-16(23(2)3)14-8-9-17(24-4)18(11-14)25-5;/h6-11,16H,12-13H2,1-5H3,(H2,20,21,22);1H. The Hall–Kier alpha value is -1.52. The minimum Gasteiger partial charge on any atom is -0.493 e. The van der Waals surface area contributed by atoms with Gasteiger partial charge < -0.3 is 25.0 Å². The molecule has 0 amide bonds. The van der Waals surface area contributed by atoms with E-state index in [1.54, 1.807) is 32.6 Å². The third-order valence-electron chi connectivity index (χ3n) is 4.11. The Kier molecular flexibility index (Phi) is 10.5. The van der Waals surface area contributed by atoms with Crippen LogP contribution in [0, 0.1) is 0 Å². The molecule has 2 N–H and O–H groups in total. The van der Waals surface area contributed by atoms with Crippen LogP contribution < -0.4 is 20.1 Å². The van der Waals surface area contributed by atoms with Crippen LogP contribution in [0.1, 0.15) is 16.5 Å². The summed E-state index contributed by atoms with van der Waals surface area (Å²) in [5.41, 5.74) is 1.15. The van der Waals surface area contributed by atoms with E-state index in [4.69, 9.17) is 9.47 Å². The van der Waals surface area contributed by atoms with Crippen molar-refractivity contribution in [2.75, 3.05) is 41.9 Å². The molecule has 0 saturated heterocycles. The molecule has 1 heterocycles. The SMILES string of the molecule is CN=C(NCc1cccs1)NCC(c1ccc(OC)c(OC)c1)N(C)C.I. The number of hydrogen-bond donors (Lipinski definition) is 2. The fourth-order valence-corrected chi connectivity index (χ4v) is 3.30. The zero-order valence-electron chi connectivity index (χ0n) is 16.5. The van der Waals surface area contributed by atoms with Crippen molar-refractivity contribution in [1.29, 1.82) is 0 Å². The van der Waals surface area contributed by atoms with Gasteiger partial charge in [0.2, 0.25) is 0 Å². The summed E-state index contributed by atoms with van der Waals surface area (Å²) in [7, 11) is 9.20. The molecular formula is C19H29IN4O2S. The van der Waals surface area contributed by atoms with Crippen LogP contribution in [0.4, 0.5) is 0 Å². The topological polar surface area (TPSA) is 58.1 Å². The van der Waals surface area contributed by atoms with Gasteiger partial charge in [0, 0.05) is 18.5 Å². The first-order chi connectivity index (χ1) is 12.6. The number of aliphatic imine (C=N–C) groups is 1. The summed E-state index contributed by atoms with van der Waals surface area (Å²) in [5.74, 6) is 2.25. The molecule has 1 unspecified atom stereocenters. The van der Waals surface area contributed by atoms with Gasteiger partial charge >= 0.3 is 0 Å². The third-order valence-corrected chi connectivity index (χ3v) is 4.99. The normalized spacial score (nSPS) is 12.3. The van der Waals surface area contributed by atoms with Gasteiger partial charge in [-0.2, -0.15) is 0 Å². The molecule has 0 radical (unpaired) electrons. The number of ether oxygens (including phenoxy) is 2. The number of methoxy groups -OCH3 is 2. The van der Waals surface area contributed by atoms with Crippen LogP contribution in [-0.4, -0.2) is 52.8 Å². The van der Waals surface area contributed by atoms with Crippen molar-refractivity contribution in [3.63, 3.8) is 0 Å². The van der Waals surface area contributed by atoms with Gasteiger partial charge in [-0.3, -0.25) is 4.99 Å². The monoisotopic (exact) mass is 504 g/mol. The Morgan fingerprint density at radius 2 is 1.89 bits per heavy atom. The number of nitrogens with one attached hydrogen (secondary N) is 2. The number of halogens is 1. The van der Waals surface area contributed by atoms with Crippen molar-refractivity contribution in [1.82, 2.24) is 15.5 Å². The second-order valence-corrected chi connectivity index (χ2v) is 7.01. The van der Waals surface area contributed by atoms with Gasteiger partial charge in [0.25, 0.3) is 0 Å². The van der Waals surface area contributed by atoms with Gasteiger partial charge in [-0.05, 0) is 43.2 Å². The molecule has 1 aromatic carbocycles. The fourth-order valence-electron chi connectivity index (χ4n) is 2.66. The summed E-state index contributed by atoms with van der Waals surface area (Å²) in [4.78, 5) is 7.75. The van der Waals surface area contributed by atoms with Gasteiger partial charge in [-0.25, -0.2) is 0 Å². The molecule has 8 heteroatoms. The molecule has 1 aromatic heterocycles.